The molecule has 2 rings (SSSR count). The lowest BCUT2D eigenvalue weighted by atomic mass is 10.1. The first-order chi connectivity index (χ1) is 37.4. The van der Waals surface area contributed by atoms with Crippen molar-refractivity contribution in [3.8, 4) is 0 Å². The SMILES string of the molecule is CCCCCCCCC(=O)OCC(COC(=O)CCCCCCCC)CC(=O)OC[C@@H]1C[C@H](OC(=O)CC(COC(=O)CCCCCCCC)COC(=O)CCCCCCCC)CN1C(=O)OCCCN1CCC(O)CC1. The van der Waals surface area contributed by atoms with Crippen molar-refractivity contribution in [1.82, 2.24) is 9.80 Å². The summed E-state index contributed by atoms with van der Waals surface area (Å²) in [6.07, 6.45) is 25.2. The summed E-state index contributed by atoms with van der Waals surface area (Å²) in [7, 11) is 0. The summed E-state index contributed by atoms with van der Waals surface area (Å²) in [5.74, 6) is -4.12. The van der Waals surface area contributed by atoms with Gasteiger partial charge < -0.3 is 43.2 Å². The number of amides is 1. The molecule has 0 radical (unpaired) electrons. The highest BCUT2D eigenvalue weighted by molar-refractivity contribution is 5.73. The van der Waals surface area contributed by atoms with Gasteiger partial charge in [-0.1, -0.05) is 156 Å². The second kappa shape index (κ2) is 45.8. The number of unbranched alkanes of at least 4 members (excludes halogenated alkanes) is 20. The van der Waals surface area contributed by atoms with Gasteiger partial charge in [-0.05, 0) is 44.9 Å². The van der Waals surface area contributed by atoms with Crippen molar-refractivity contribution in [1.29, 1.82) is 0 Å². The molecule has 2 aliphatic rings. The lowest BCUT2D eigenvalue weighted by Crippen LogP contribution is -2.40. The van der Waals surface area contributed by atoms with Gasteiger partial charge in [-0.2, -0.15) is 0 Å². The Hall–Kier alpha value is -3.99. The molecule has 17 nitrogen and oxygen atoms in total. The van der Waals surface area contributed by atoms with Crippen LogP contribution in [0.25, 0.3) is 0 Å². The summed E-state index contributed by atoms with van der Waals surface area (Å²) in [4.78, 5) is 95.6. The number of hydrogen-bond donors (Lipinski definition) is 1. The quantitative estimate of drug-likeness (QED) is 0.0341. The van der Waals surface area contributed by atoms with Crippen molar-refractivity contribution in [2.75, 3.05) is 65.8 Å². The Morgan fingerprint density at radius 3 is 1.23 bits per heavy atom. The molecule has 1 N–H and O–H groups in total. The van der Waals surface area contributed by atoms with Crippen LogP contribution >= 0.6 is 0 Å². The van der Waals surface area contributed by atoms with Gasteiger partial charge in [-0.3, -0.25) is 33.7 Å². The second-order valence-corrected chi connectivity index (χ2v) is 21.8. The van der Waals surface area contributed by atoms with Crippen molar-refractivity contribution in [2.24, 2.45) is 11.8 Å². The Morgan fingerprint density at radius 1 is 0.455 bits per heavy atom. The molecule has 77 heavy (non-hydrogen) atoms. The van der Waals surface area contributed by atoms with Crippen LogP contribution in [0, 0.1) is 11.8 Å². The molecule has 0 aromatic heterocycles. The summed E-state index contributed by atoms with van der Waals surface area (Å²) in [6, 6.07) is -0.724. The number of hydrogen-bond acceptors (Lipinski definition) is 16. The maximum Gasteiger partial charge on any atom is 0.410 e. The lowest BCUT2D eigenvalue weighted by molar-refractivity contribution is -0.157. The minimum atomic E-state index is -0.797. The molecule has 2 aliphatic heterocycles. The number of piperidine rings is 1. The molecule has 1 amide bonds. The van der Waals surface area contributed by atoms with Crippen LogP contribution in [0.4, 0.5) is 4.79 Å². The van der Waals surface area contributed by atoms with Crippen molar-refractivity contribution in [3.63, 3.8) is 0 Å². The van der Waals surface area contributed by atoms with E-state index in [0.29, 0.717) is 51.5 Å². The number of rotatable bonds is 47. The fourth-order valence-corrected chi connectivity index (χ4v) is 9.63. The average Bonchev–Trinajstić information content (AvgIpc) is 3.82. The Bertz CT molecular complexity index is 1530. The number of likely N-dealkylation sites (tertiary alicyclic amines) is 2. The number of aliphatic hydroxyl groups excluding tert-OH is 1. The van der Waals surface area contributed by atoms with Crippen LogP contribution in [0.1, 0.15) is 246 Å². The second-order valence-electron chi connectivity index (χ2n) is 21.8. The van der Waals surface area contributed by atoms with E-state index in [1.54, 1.807) is 0 Å². The highest BCUT2D eigenvalue weighted by Crippen LogP contribution is 2.25. The van der Waals surface area contributed by atoms with E-state index in [9.17, 15) is 38.7 Å². The zero-order valence-corrected chi connectivity index (χ0v) is 48.6. The van der Waals surface area contributed by atoms with Crippen LogP contribution < -0.4 is 0 Å². The molecule has 2 atom stereocenters. The molecule has 2 heterocycles. The topological polar surface area (TPSA) is 211 Å². The number of aliphatic hydroxyl groups is 1. The van der Waals surface area contributed by atoms with Crippen molar-refractivity contribution in [3.05, 3.63) is 0 Å². The molecular formula is C60H106N2O15. The molecule has 0 spiro atoms. The number of carbonyl (C=O) groups excluding carboxylic acids is 7. The normalized spacial score (nSPS) is 15.9. The zero-order chi connectivity index (χ0) is 56.1. The van der Waals surface area contributed by atoms with Crippen molar-refractivity contribution >= 4 is 41.9 Å². The van der Waals surface area contributed by atoms with Crippen LogP contribution in [-0.2, 0) is 61.9 Å². The molecule has 0 aliphatic carbocycles. The summed E-state index contributed by atoms with van der Waals surface area (Å²) >= 11 is 0. The Morgan fingerprint density at radius 2 is 0.831 bits per heavy atom. The van der Waals surface area contributed by atoms with Crippen LogP contribution in [0.15, 0.2) is 0 Å². The van der Waals surface area contributed by atoms with E-state index in [-0.39, 0.29) is 121 Å². The van der Waals surface area contributed by atoms with Gasteiger partial charge >= 0.3 is 41.9 Å². The minimum absolute atomic E-state index is 0.0340. The van der Waals surface area contributed by atoms with Gasteiger partial charge in [-0.25, -0.2) is 4.79 Å². The molecule has 0 saturated carbocycles. The van der Waals surface area contributed by atoms with Crippen LogP contribution in [0.5, 0.6) is 0 Å². The van der Waals surface area contributed by atoms with E-state index in [2.05, 4.69) is 32.6 Å². The molecule has 0 aromatic rings. The maximum absolute atomic E-state index is 13.7. The Labute approximate surface area is 463 Å². The van der Waals surface area contributed by atoms with Gasteiger partial charge in [0.2, 0.25) is 0 Å². The largest absolute Gasteiger partial charge is 0.465 e. The fraction of sp³-hybridized carbons (Fsp3) is 0.883. The van der Waals surface area contributed by atoms with Gasteiger partial charge in [0.25, 0.3) is 0 Å². The summed E-state index contributed by atoms with van der Waals surface area (Å²) in [5.41, 5.74) is 0. The monoisotopic (exact) mass is 1090 g/mol. The molecule has 2 saturated heterocycles. The Balaban J connectivity index is 2.13. The highest BCUT2D eigenvalue weighted by Gasteiger charge is 2.39. The number of esters is 6. The van der Waals surface area contributed by atoms with E-state index in [1.165, 1.54) is 4.90 Å². The molecule has 0 aromatic carbocycles. The average molecular weight is 1100 g/mol. The van der Waals surface area contributed by atoms with Gasteiger partial charge in [0, 0.05) is 63.6 Å². The molecular weight excluding hydrogens is 989 g/mol. The first kappa shape index (κ1) is 69.1. The van der Waals surface area contributed by atoms with E-state index in [0.717, 1.165) is 142 Å². The van der Waals surface area contributed by atoms with E-state index in [1.807, 2.05) is 0 Å². The molecule has 0 unspecified atom stereocenters. The highest BCUT2D eigenvalue weighted by atomic mass is 16.6. The van der Waals surface area contributed by atoms with E-state index in [4.69, 9.17) is 33.2 Å². The van der Waals surface area contributed by atoms with Crippen LogP contribution in [0.3, 0.4) is 0 Å². The van der Waals surface area contributed by atoms with Gasteiger partial charge in [0.15, 0.2) is 0 Å². The molecule has 446 valence electrons. The summed E-state index contributed by atoms with van der Waals surface area (Å²) in [5, 5.41) is 9.90. The third-order valence-electron chi connectivity index (χ3n) is 14.5. The van der Waals surface area contributed by atoms with E-state index < -0.39 is 42.0 Å². The predicted octanol–water partition coefficient (Wildman–Crippen LogP) is 11.7. The third kappa shape index (κ3) is 36.7. The van der Waals surface area contributed by atoms with Crippen molar-refractivity contribution in [2.45, 2.75) is 264 Å². The van der Waals surface area contributed by atoms with Crippen molar-refractivity contribution < 1.29 is 71.8 Å². The van der Waals surface area contributed by atoms with Gasteiger partial charge in [0.05, 0.1) is 64.6 Å². The minimum Gasteiger partial charge on any atom is -0.465 e. The molecule has 2 fully saturated rings. The molecule has 17 heteroatoms. The Kier molecular flexibility index (Phi) is 41.1. The number of carbonyl (C=O) groups is 7. The standard InChI is InChI=1S/C60H106N2O15/c1-5-9-13-17-21-25-30-54(64)72-44-49(45-73-55(65)31-26-22-18-14-10-6-2)40-58(68)76-48-51-42-53(43-62(51)60(70)71-39-29-36-61-37-34-52(63)35-38-61)77-59(69)41-50(46-74-56(66)32-27-23-19-15-11-7-3)47-75-57(67)33-28-24-20-16-12-8-4/h49-53,63H,5-48H2,1-4H3/t51-,53-/m0/s1. The molecule has 0 bridgehead atoms. The van der Waals surface area contributed by atoms with Gasteiger partial charge in [0.1, 0.15) is 12.7 Å². The van der Waals surface area contributed by atoms with E-state index >= 15 is 0 Å². The third-order valence-corrected chi connectivity index (χ3v) is 14.5. The number of nitrogens with zero attached hydrogens (tertiary/aromatic N) is 2. The number of ether oxygens (including phenoxy) is 7. The first-order valence-electron chi connectivity index (χ1n) is 30.7. The first-order valence-corrected chi connectivity index (χ1v) is 30.7. The lowest BCUT2D eigenvalue weighted by Gasteiger charge is -2.29. The van der Waals surface area contributed by atoms with Gasteiger partial charge in [-0.15, -0.1) is 0 Å². The predicted molar refractivity (Wildman–Crippen MR) is 296 cm³/mol. The zero-order valence-electron chi connectivity index (χ0n) is 48.6. The van der Waals surface area contributed by atoms with Crippen LogP contribution in [0.2, 0.25) is 0 Å². The van der Waals surface area contributed by atoms with Crippen LogP contribution in [-0.4, -0.2) is 141 Å². The fourth-order valence-electron chi connectivity index (χ4n) is 9.63. The maximum atomic E-state index is 13.7. The smallest absolute Gasteiger partial charge is 0.410 e. The summed E-state index contributed by atoms with van der Waals surface area (Å²) < 4.78 is 39.8. The summed E-state index contributed by atoms with van der Waals surface area (Å²) in [6.45, 7) is 10.1.